The van der Waals surface area contributed by atoms with Gasteiger partial charge in [0.25, 0.3) is 0 Å². The molecule has 0 bridgehead atoms. The predicted octanol–water partition coefficient (Wildman–Crippen LogP) is 0.680. The van der Waals surface area contributed by atoms with E-state index in [9.17, 15) is 16.8 Å². The summed E-state index contributed by atoms with van der Waals surface area (Å²) < 4.78 is 48.1. The molecular weight excluding hydrogens is 312 g/mol. The van der Waals surface area contributed by atoms with Crippen molar-refractivity contribution in [2.45, 2.75) is 24.8 Å². The van der Waals surface area contributed by atoms with Crippen LogP contribution in [-0.4, -0.2) is 41.9 Å². The molecule has 0 aromatic heterocycles. The molecule has 21 heavy (non-hydrogen) atoms. The molecule has 8 heteroatoms. The number of sulfone groups is 1. The second kappa shape index (κ2) is 7.35. The second-order valence-electron chi connectivity index (χ2n) is 4.83. The molecule has 1 rings (SSSR count). The van der Waals surface area contributed by atoms with Crippen molar-refractivity contribution in [2.75, 3.05) is 25.1 Å². The smallest absolute Gasteiger partial charge is 0.212 e. The SMILES string of the molecule is CCNS(=O)(=O)CCNC(C)c1ccc(S(C)(=O)=O)cc1. The lowest BCUT2D eigenvalue weighted by atomic mass is 10.1. The minimum Gasteiger partial charge on any atom is -0.309 e. The number of benzene rings is 1. The van der Waals surface area contributed by atoms with Gasteiger partial charge in [-0.1, -0.05) is 19.1 Å². The Kier molecular flexibility index (Phi) is 6.33. The molecule has 0 amide bonds. The summed E-state index contributed by atoms with van der Waals surface area (Å²) in [5.41, 5.74) is 0.906. The maximum atomic E-state index is 11.5. The van der Waals surface area contributed by atoms with Gasteiger partial charge in [0.2, 0.25) is 10.0 Å². The molecule has 0 saturated carbocycles. The van der Waals surface area contributed by atoms with Crippen molar-refractivity contribution in [3.05, 3.63) is 29.8 Å². The zero-order chi connectivity index (χ0) is 16.1. The van der Waals surface area contributed by atoms with Crippen molar-refractivity contribution in [3.63, 3.8) is 0 Å². The standard InChI is InChI=1S/C13H22N2O4S2/c1-4-15-21(18,19)10-9-14-11(2)12-5-7-13(8-6-12)20(3,16)17/h5-8,11,14-15H,4,9-10H2,1-3H3. The monoisotopic (exact) mass is 334 g/mol. The van der Waals surface area contributed by atoms with E-state index in [0.29, 0.717) is 13.1 Å². The number of hydrogen-bond donors (Lipinski definition) is 2. The third-order valence-electron chi connectivity index (χ3n) is 2.99. The van der Waals surface area contributed by atoms with Crippen LogP contribution >= 0.6 is 0 Å². The number of hydrogen-bond acceptors (Lipinski definition) is 5. The molecule has 2 N–H and O–H groups in total. The Morgan fingerprint density at radius 3 is 2.14 bits per heavy atom. The lowest BCUT2D eigenvalue weighted by molar-refractivity contribution is 0.563. The average Bonchev–Trinajstić information content (AvgIpc) is 2.37. The molecule has 6 nitrogen and oxygen atoms in total. The topological polar surface area (TPSA) is 92.3 Å². The Morgan fingerprint density at radius 1 is 1.10 bits per heavy atom. The van der Waals surface area contributed by atoms with Gasteiger partial charge < -0.3 is 5.32 Å². The average molecular weight is 334 g/mol. The lowest BCUT2D eigenvalue weighted by Crippen LogP contribution is -2.32. The lowest BCUT2D eigenvalue weighted by Gasteiger charge is -2.14. The van der Waals surface area contributed by atoms with E-state index in [2.05, 4.69) is 10.0 Å². The van der Waals surface area contributed by atoms with E-state index in [1.54, 1.807) is 31.2 Å². The normalized spacial score (nSPS) is 14.0. The Bertz CT molecular complexity index is 652. The van der Waals surface area contributed by atoms with Crippen molar-refractivity contribution >= 4 is 19.9 Å². The second-order valence-corrected chi connectivity index (χ2v) is 8.78. The maximum Gasteiger partial charge on any atom is 0.212 e. The highest BCUT2D eigenvalue weighted by molar-refractivity contribution is 7.90. The first-order valence-corrected chi connectivity index (χ1v) is 10.2. The molecule has 0 spiro atoms. The van der Waals surface area contributed by atoms with Crippen molar-refractivity contribution in [3.8, 4) is 0 Å². The zero-order valence-corrected chi connectivity index (χ0v) is 14.1. The molecule has 0 radical (unpaired) electrons. The summed E-state index contributed by atoms with van der Waals surface area (Å²) >= 11 is 0. The van der Waals surface area contributed by atoms with Gasteiger partial charge in [-0.2, -0.15) is 0 Å². The van der Waals surface area contributed by atoms with Gasteiger partial charge in [-0.25, -0.2) is 21.6 Å². The maximum absolute atomic E-state index is 11.5. The summed E-state index contributed by atoms with van der Waals surface area (Å²) in [6.45, 7) is 4.33. The van der Waals surface area contributed by atoms with E-state index in [1.165, 1.54) is 0 Å². The van der Waals surface area contributed by atoms with Gasteiger partial charge in [0.1, 0.15) is 0 Å². The summed E-state index contributed by atoms with van der Waals surface area (Å²) in [4.78, 5) is 0.271. The fourth-order valence-electron chi connectivity index (χ4n) is 1.82. The van der Waals surface area contributed by atoms with Crippen LogP contribution in [0.25, 0.3) is 0 Å². The van der Waals surface area contributed by atoms with Gasteiger partial charge in [0.05, 0.1) is 10.6 Å². The third kappa shape index (κ3) is 6.13. The summed E-state index contributed by atoms with van der Waals surface area (Å²) in [5.74, 6) is 0.00655. The highest BCUT2D eigenvalue weighted by Crippen LogP contribution is 2.15. The van der Waals surface area contributed by atoms with E-state index < -0.39 is 19.9 Å². The first-order valence-electron chi connectivity index (χ1n) is 6.66. The predicted molar refractivity (Wildman–Crippen MR) is 83.4 cm³/mol. The zero-order valence-electron chi connectivity index (χ0n) is 12.5. The van der Waals surface area contributed by atoms with Crippen LogP contribution in [0.3, 0.4) is 0 Å². The molecule has 1 aromatic carbocycles. The number of sulfonamides is 1. The van der Waals surface area contributed by atoms with Crippen LogP contribution in [-0.2, 0) is 19.9 Å². The van der Waals surface area contributed by atoms with Crippen LogP contribution in [0.1, 0.15) is 25.5 Å². The fraction of sp³-hybridized carbons (Fsp3) is 0.538. The molecule has 1 unspecified atom stereocenters. The van der Waals surface area contributed by atoms with E-state index >= 15 is 0 Å². The van der Waals surface area contributed by atoms with Crippen molar-refractivity contribution in [1.29, 1.82) is 0 Å². The van der Waals surface area contributed by atoms with Crippen molar-refractivity contribution < 1.29 is 16.8 Å². The minimum absolute atomic E-state index is 0.00655. The first-order chi connectivity index (χ1) is 9.65. The molecule has 1 atom stereocenters. The molecule has 0 aliphatic carbocycles. The Hall–Kier alpha value is -0.960. The quantitative estimate of drug-likeness (QED) is 0.729. The van der Waals surface area contributed by atoms with Gasteiger partial charge in [0, 0.05) is 25.4 Å². The molecule has 0 fully saturated rings. The van der Waals surface area contributed by atoms with Gasteiger partial charge in [-0.3, -0.25) is 0 Å². The third-order valence-corrected chi connectivity index (χ3v) is 5.59. The molecule has 1 aromatic rings. The Morgan fingerprint density at radius 2 is 1.67 bits per heavy atom. The largest absolute Gasteiger partial charge is 0.309 e. The van der Waals surface area contributed by atoms with Gasteiger partial charge in [-0.15, -0.1) is 0 Å². The van der Waals surface area contributed by atoms with Crippen molar-refractivity contribution in [2.24, 2.45) is 0 Å². The van der Waals surface area contributed by atoms with Crippen LogP contribution in [0, 0.1) is 0 Å². The number of nitrogens with one attached hydrogen (secondary N) is 2. The molecule has 120 valence electrons. The summed E-state index contributed by atoms with van der Waals surface area (Å²) in [6.07, 6.45) is 1.16. The van der Waals surface area contributed by atoms with E-state index in [4.69, 9.17) is 0 Å². The van der Waals surface area contributed by atoms with Gasteiger partial charge in [0.15, 0.2) is 9.84 Å². The van der Waals surface area contributed by atoms with Crippen molar-refractivity contribution in [1.82, 2.24) is 10.0 Å². The van der Waals surface area contributed by atoms with Gasteiger partial charge >= 0.3 is 0 Å². The molecule has 0 aliphatic rings. The summed E-state index contributed by atoms with van der Waals surface area (Å²) in [6, 6.07) is 6.51. The van der Waals surface area contributed by atoms with Crippen LogP contribution in [0.5, 0.6) is 0 Å². The van der Waals surface area contributed by atoms with Crippen LogP contribution in [0.2, 0.25) is 0 Å². The summed E-state index contributed by atoms with van der Waals surface area (Å²) in [7, 11) is -6.42. The molecule has 0 aliphatic heterocycles. The Labute approximate surface area is 126 Å². The van der Waals surface area contributed by atoms with Crippen LogP contribution < -0.4 is 10.0 Å². The Balaban J connectivity index is 2.59. The van der Waals surface area contributed by atoms with E-state index in [1.807, 2.05) is 6.92 Å². The first kappa shape index (κ1) is 18.1. The molecular formula is C13H22N2O4S2. The highest BCUT2D eigenvalue weighted by Gasteiger charge is 2.11. The van der Waals surface area contributed by atoms with E-state index in [0.717, 1.165) is 11.8 Å². The van der Waals surface area contributed by atoms with E-state index in [-0.39, 0.29) is 16.7 Å². The fourth-order valence-corrected chi connectivity index (χ4v) is 3.42. The van der Waals surface area contributed by atoms with Gasteiger partial charge in [-0.05, 0) is 24.6 Å². The molecule has 0 saturated heterocycles. The summed E-state index contributed by atoms with van der Waals surface area (Å²) in [5, 5.41) is 3.10. The van der Waals surface area contributed by atoms with Crippen LogP contribution in [0.15, 0.2) is 29.2 Å². The number of rotatable bonds is 8. The molecule has 0 heterocycles. The minimum atomic E-state index is -3.23. The highest BCUT2D eigenvalue weighted by atomic mass is 32.2. The van der Waals surface area contributed by atoms with Crippen LogP contribution in [0.4, 0.5) is 0 Å².